The fourth-order valence-electron chi connectivity index (χ4n) is 3.03. The lowest BCUT2D eigenvalue weighted by Crippen LogP contribution is -1.99. The molecule has 2 aromatic heterocycles. The van der Waals surface area contributed by atoms with Gasteiger partial charge in [-0.25, -0.2) is 22.8 Å². The first kappa shape index (κ1) is 19.5. The van der Waals surface area contributed by atoms with Crippen molar-refractivity contribution in [3.05, 3.63) is 66.0 Å². The highest BCUT2D eigenvalue weighted by molar-refractivity contribution is 5.65. The number of imidazole rings is 1. The SMILES string of the molecule is COc1cc(-c2nc(Nc3cc(F)c(F)c(F)c3)nn2C)ccc1-n1cnc(C)c1. The third kappa shape index (κ3) is 3.59. The average molecular weight is 414 g/mol. The maximum absolute atomic E-state index is 13.4. The Balaban J connectivity index is 1.66. The van der Waals surface area contributed by atoms with Crippen LogP contribution in [0.5, 0.6) is 5.75 Å². The number of hydrogen-bond acceptors (Lipinski definition) is 5. The van der Waals surface area contributed by atoms with Crippen LogP contribution in [0.3, 0.4) is 0 Å². The Kier molecular flexibility index (Phi) is 4.90. The van der Waals surface area contributed by atoms with Gasteiger partial charge >= 0.3 is 0 Å². The van der Waals surface area contributed by atoms with Gasteiger partial charge in [0, 0.05) is 36.6 Å². The van der Waals surface area contributed by atoms with Crippen LogP contribution < -0.4 is 10.1 Å². The van der Waals surface area contributed by atoms with Crippen molar-refractivity contribution in [1.82, 2.24) is 24.3 Å². The third-order valence-electron chi connectivity index (χ3n) is 4.43. The predicted molar refractivity (Wildman–Crippen MR) is 104 cm³/mol. The van der Waals surface area contributed by atoms with E-state index in [4.69, 9.17) is 4.74 Å². The number of halogens is 3. The quantitative estimate of drug-likeness (QED) is 0.497. The summed E-state index contributed by atoms with van der Waals surface area (Å²) < 4.78 is 48.9. The molecule has 1 N–H and O–H groups in total. The molecule has 0 aliphatic rings. The van der Waals surface area contributed by atoms with Crippen molar-refractivity contribution in [2.45, 2.75) is 6.92 Å². The van der Waals surface area contributed by atoms with Crippen molar-refractivity contribution in [3.8, 4) is 22.8 Å². The Bertz CT molecular complexity index is 1210. The lowest BCUT2D eigenvalue weighted by Gasteiger charge is -2.11. The number of rotatable bonds is 5. The van der Waals surface area contributed by atoms with Crippen molar-refractivity contribution in [2.24, 2.45) is 7.05 Å². The molecule has 0 fully saturated rings. The summed E-state index contributed by atoms with van der Waals surface area (Å²) in [6.45, 7) is 1.89. The van der Waals surface area contributed by atoms with E-state index in [-0.39, 0.29) is 11.6 Å². The van der Waals surface area contributed by atoms with E-state index < -0.39 is 17.5 Å². The molecule has 0 unspecified atom stereocenters. The highest BCUT2D eigenvalue weighted by atomic mass is 19.2. The van der Waals surface area contributed by atoms with Crippen molar-refractivity contribution < 1.29 is 17.9 Å². The molecule has 4 rings (SSSR count). The minimum absolute atomic E-state index is 0.00745. The highest BCUT2D eigenvalue weighted by Gasteiger charge is 2.15. The minimum Gasteiger partial charge on any atom is -0.495 e. The van der Waals surface area contributed by atoms with Crippen LogP contribution in [0.2, 0.25) is 0 Å². The van der Waals surface area contributed by atoms with Gasteiger partial charge in [-0.2, -0.15) is 4.98 Å². The molecule has 0 saturated heterocycles. The molecule has 0 radical (unpaired) electrons. The van der Waals surface area contributed by atoms with Gasteiger partial charge in [-0.05, 0) is 25.1 Å². The van der Waals surface area contributed by atoms with E-state index in [1.54, 1.807) is 26.6 Å². The van der Waals surface area contributed by atoms with Crippen LogP contribution in [0.4, 0.5) is 24.8 Å². The second-order valence-corrected chi connectivity index (χ2v) is 6.57. The zero-order valence-electron chi connectivity index (χ0n) is 16.3. The lowest BCUT2D eigenvalue weighted by molar-refractivity contribution is 0.413. The standard InChI is InChI=1S/C20H17F3N6O/c1-11-9-29(10-24-11)16-5-4-12(6-17(16)30-3)19-26-20(27-28(19)2)25-13-7-14(21)18(23)15(22)8-13/h4-10H,1-3H3,(H,25,27). The van der Waals surface area contributed by atoms with Gasteiger partial charge in [0.2, 0.25) is 5.95 Å². The molecule has 0 bridgehead atoms. The van der Waals surface area contributed by atoms with Gasteiger partial charge in [0.1, 0.15) is 5.75 Å². The first-order chi connectivity index (χ1) is 14.4. The van der Waals surface area contributed by atoms with E-state index in [1.807, 2.05) is 29.8 Å². The van der Waals surface area contributed by atoms with Gasteiger partial charge in [-0.15, -0.1) is 5.10 Å². The fourth-order valence-corrected chi connectivity index (χ4v) is 3.03. The summed E-state index contributed by atoms with van der Waals surface area (Å²) >= 11 is 0. The summed E-state index contributed by atoms with van der Waals surface area (Å²) in [6, 6.07) is 7.18. The van der Waals surface area contributed by atoms with Gasteiger partial charge in [-0.3, -0.25) is 0 Å². The normalized spacial score (nSPS) is 11.0. The van der Waals surface area contributed by atoms with Crippen LogP contribution in [0.1, 0.15) is 5.69 Å². The molecule has 154 valence electrons. The molecular formula is C20H17F3N6O. The number of ether oxygens (including phenoxy) is 1. The largest absolute Gasteiger partial charge is 0.495 e. The second kappa shape index (κ2) is 7.54. The Morgan fingerprint density at radius 2 is 1.80 bits per heavy atom. The average Bonchev–Trinajstić information content (AvgIpc) is 3.30. The van der Waals surface area contributed by atoms with Crippen molar-refractivity contribution in [2.75, 3.05) is 12.4 Å². The Morgan fingerprint density at radius 1 is 1.07 bits per heavy atom. The summed E-state index contributed by atoms with van der Waals surface area (Å²) in [6.07, 6.45) is 3.57. The number of aromatic nitrogens is 5. The topological polar surface area (TPSA) is 69.8 Å². The van der Waals surface area contributed by atoms with Crippen LogP contribution in [-0.4, -0.2) is 31.4 Å². The number of benzene rings is 2. The van der Waals surface area contributed by atoms with Crippen LogP contribution in [0, 0.1) is 24.4 Å². The maximum Gasteiger partial charge on any atom is 0.247 e. The Hall–Kier alpha value is -3.82. The molecule has 2 heterocycles. The van der Waals surface area contributed by atoms with Crippen LogP contribution >= 0.6 is 0 Å². The molecular weight excluding hydrogens is 397 g/mol. The molecule has 0 aliphatic carbocycles. The summed E-state index contributed by atoms with van der Waals surface area (Å²) in [5.74, 6) is -2.94. The van der Waals surface area contributed by atoms with Gasteiger partial charge < -0.3 is 14.6 Å². The molecule has 2 aromatic carbocycles. The summed E-state index contributed by atoms with van der Waals surface area (Å²) in [7, 11) is 3.24. The van der Waals surface area contributed by atoms with Crippen LogP contribution in [-0.2, 0) is 7.05 Å². The first-order valence-corrected chi connectivity index (χ1v) is 8.87. The van der Waals surface area contributed by atoms with Gasteiger partial charge in [0.05, 0.1) is 24.8 Å². The summed E-state index contributed by atoms with van der Waals surface area (Å²) in [5, 5.41) is 6.88. The van der Waals surface area contributed by atoms with Crippen molar-refractivity contribution in [1.29, 1.82) is 0 Å². The molecule has 10 heteroatoms. The number of aryl methyl sites for hydroxylation is 2. The molecule has 7 nitrogen and oxygen atoms in total. The number of hydrogen-bond donors (Lipinski definition) is 1. The van der Waals surface area contributed by atoms with Crippen LogP contribution in [0.15, 0.2) is 42.9 Å². The predicted octanol–water partition coefficient (Wildman–Crippen LogP) is 4.15. The van der Waals surface area contributed by atoms with E-state index in [0.717, 1.165) is 23.5 Å². The van der Waals surface area contributed by atoms with E-state index in [9.17, 15) is 13.2 Å². The zero-order valence-corrected chi connectivity index (χ0v) is 16.3. The van der Waals surface area contributed by atoms with E-state index in [0.29, 0.717) is 17.1 Å². The number of methoxy groups -OCH3 is 1. The molecule has 0 amide bonds. The molecule has 30 heavy (non-hydrogen) atoms. The van der Waals surface area contributed by atoms with Gasteiger partial charge in [0.15, 0.2) is 23.3 Å². The molecule has 0 aliphatic heterocycles. The number of anilines is 2. The fraction of sp³-hybridized carbons (Fsp3) is 0.150. The zero-order chi connectivity index (χ0) is 21.4. The van der Waals surface area contributed by atoms with Gasteiger partial charge in [0.25, 0.3) is 0 Å². The van der Waals surface area contributed by atoms with Crippen molar-refractivity contribution >= 4 is 11.6 Å². The Morgan fingerprint density at radius 3 is 2.43 bits per heavy atom. The lowest BCUT2D eigenvalue weighted by atomic mass is 10.1. The van der Waals surface area contributed by atoms with E-state index in [2.05, 4.69) is 20.4 Å². The molecule has 0 atom stereocenters. The van der Waals surface area contributed by atoms with Gasteiger partial charge in [-0.1, -0.05) is 0 Å². The summed E-state index contributed by atoms with van der Waals surface area (Å²) in [4.78, 5) is 8.59. The maximum atomic E-state index is 13.4. The number of nitrogens with one attached hydrogen (secondary N) is 1. The molecule has 0 saturated carbocycles. The van der Waals surface area contributed by atoms with E-state index in [1.165, 1.54) is 4.68 Å². The monoisotopic (exact) mass is 414 g/mol. The third-order valence-corrected chi connectivity index (χ3v) is 4.43. The van der Waals surface area contributed by atoms with Crippen LogP contribution in [0.25, 0.3) is 17.1 Å². The minimum atomic E-state index is -1.53. The smallest absolute Gasteiger partial charge is 0.247 e. The van der Waals surface area contributed by atoms with E-state index >= 15 is 0 Å². The highest BCUT2D eigenvalue weighted by Crippen LogP contribution is 2.30. The Labute approximate surface area is 169 Å². The second-order valence-electron chi connectivity index (χ2n) is 6.57. The summed E-state index contributed by atoms with van der Waals surface area (Å²) in [5.41, 5.74) is 2.39. The first-order valence-electron chi connectivity index (χ1n) is 8.87. The number of nitrogens with zero attached hydrogens (tertiary/aromatic N) is 5. The van der Waals surface area contributed by atoms with Crippen molar-refractivity contribution in [3.63, 3.8) is 0 Å². The molecule has 4 aromatic rings. The molecule has 0 spiro atoms.